The molecule has 2 unspecified atom stereocenters. The number of thioether (sulfide) groups is 1. The van der Waals surface area contributed by atoms with E-state index in [1.165, 1.54) is 35.1 Å². The maximum atomic E-state index is 13.9. The van der Waals surface area contributed by atoms with Gasteiger partial charge >= 0.3 is 5.97 Å². The molecule has 10 nitrogen and oxygen atoms in total. The van der Waals surface area contributed by atoms with Gasteiger partial charge in [-0.1, -0.05) is 125 Å². The molecular formula is C39H38IN5O5S2. The topological polar surface area (TPSA) is 122 Å². The predicted octanol–water partition coefficient (Wildman–Crippen LogP) is 6.88. The van der Waals surface area contributed by atoms with Gasteiger partial charge in [0.1, 0.15) is 35.7 Å². The van der Waals surface area contributed by atoms with Gasteiger partial charge in [-0.2, -0.15) is 0 Å². The summed E-state index contributed by atoms with van der Waals surface area (Å²) in [6.07, 6.45) is 3.76. The number of nitrogens with one attached hydrogen (secondary N) is 2. The lowest BCUT2D eigenvalue weighted by molar-refractivity contribution is -0.160. The van der Waals surface area contributed by atoms with Crippen LogP contribution in [0.1, 0.15) is 43.2 Å². The number of aromatic nitrogens is 1. The lowest BCUT2D eigenvalue weighted by Crippen LogP contribution is -2.73. The maximum absolute atomic E-state index is 13.9. The largest absolute Gasteiger partial charge is 0.455 e. The van der Waals surface area contributed by atoms with E-state index in [4.69, 9.17) is 14.6 Å². The van der Waals surface area contributed by atoms with Crippen LogP contribution in [0.5, 0.6) is 0 Å². The number of rotatable bonds is 12. The third-order valence-corrected chi connectivity index (χ3v) is 10.8. The number of nitrogens with zero attached hydrogens (tertiary/aromatic N) is 3. The zero-order valence-electron chi connectivity index (χ0n) is 29.0. The van der Waals surface area contributed by atoms with Gasteiger partial charge in [0, 0.05) is 20.5 Å². The zero-order valence-corrected chi connectivity index (χ0v) is 32.8. The molecule has 3 heterocycles. The van der Waals surface area contributed by atoms with E-state index in [1.54, 1.807) is 26.2 Å². The van der Waals surface area contributed by atoms with Gasteiger partial charge in [-0.05, 0) is 43.5 Å². The molecule has 2 aliphatic rings. The molecule has 4 aromatic rings. The Morgan fingerprint density at radius 1 is 0.981 bits per heavy atom. The second-order valence-electron chi connectivity index (χ2n) is 12.9. The first-order valence-corrected chi connectivity index (χ1v) is 19.9. The summed E-state index contributed by atoms with van der Waals surface area (Å²) in [5.41, 5.74) is 1.79. The molecule has 0 bridgehead atoms. The highest BCUT2D eigenvalue weighted by Crippen LogP contribution is 2.42. The molecule has 1 saturated heterocycles. The van der Waals surface area contributed by atoms with Gasteiger partial charge in [-0.3, -0.25) is 14.5 Å². The molecule has 1 fully saturated rings. The second-order valence-corrected chi connectivity index (χ2v) is 15.7. The van der Waals surface area contributed by atoms with Gasteiger partial charge in [-0.15, -0.1) is 23.1 Å². The molecule has 2 aliphatic heterocycles. The molecule has 0 radical (unpaired) electrons. The molecule has 268 valence electrons. The van der Waals surface area contributed by atoms with E-state index >= 15 is 0 Å². The first-order valence-electron chi connectivity index (χ1n) is 16.6. The van der Waals surface area contributed by atoms with Crippen molar-refractivity contribution >= 4 is 74.3 Å². The van der Waals surface area contributed by atoms with Crippen LogP contribution < -0.4 is 10.6 Å². The van der Waals surface area contributed by atoms with Gasteiger partial charge in [0.2, 0.25) is 0 Å². The number of oxime groups is 1. The number of thiazole rings is 1. The van der Waals surface area contributed by atoms with E-state index in [-0.39, 0.29) is 17.1 Å². The lowest BCUT2D eigenvalue weighted by atomic mass is 9.77. The van der Waals surface area contributed by atoms with Crippen molar-refractivity contribution in [1.29, 1.82) is 0 Å². The molecule has 52 heavy (non-hydrogen) atoms. The molecule has 0 aliphatic carbocycles. The number of amides is 2. The molecule has 2 N–H and O–H groups in total. The van der Waals surface area contributed by atoms with Crippen LogP contribution in [0.3, 0.4) is 0 Å². The van der Waals surface area contributed by atoms with Crippen molar-refractivity contribution in [2.75, 3.05) is 22.6 Å². The highest BCUT2D eigenvalue weighted by atomic mass is 127. The third-order valence-electron chi connectivity index (χ3n) is 8.40. The first kappa shape index (κ1) is 37.3. The van der Waals surface area contributed by atoms with Crippen molar-refractivity contribution in [3.05, 3.63) is 142 Å². The average Bonchev–Trinajstić information content (AvgIpc) is 3.61. The minimum Gasteiger partial charge on any atom is -0.455 e. The van der Waals surface area contributed by atoms with Crippen molar-refractivity contribution in [1.82, 2.24) is 15.2 Å². The summed E-state index contributed by atoms with van der Waals surface area (Å²) in [5, 5.41) is 12.9. The number of alkyl halides is 1. The number of carbonyl (C=O) groups is 3. The summed E-state index contributed by atoms with van der Waals surface area (Å²) in [7, 11) is 1.35. The van der Waals surface area contributed by atoms with Crippen molar-refractivity contribution in [2.45, 2.75) is 44.0 Å². The van der Waals surface area contributed by atoms with Crippen LogP contribution in [0.25, 0.3) is 0 Å². The van der Waals surface area contributed by atoms with Gasteiger partial charge < -0.3 is 20.2 Å². The van der Waals surface area contributed by atoms with Crippen LogP contribution >= 0.6 is 45.7 Å². The van der Waals surface area contributed by atoms with Crippen LogP contribution in [0.2, 0.25) is 0 Å². The Morgan fingerprint density at radius 2 is 1.56 bits per heavy atom. The van der Waals surface area contributed by atoms with Crippen LogP contribution in [0, 0.1) is 0 Å². The molecular weight excluding hydrogens is 809 g/mol. The number of anilines is 1. The fourth-order valence-electron chi connectivity index (χ4n) is 6.20. The number of carbonyl (C=O) groups excluding carboxylic acids is 3. The highest BCUT2D eigenvalue weighted by molar-refractivity contribution is 14.1. The number of hydrogen-bond donors (Lipinski definition) is 2. The lowest BCUT2D eigenvalue weighted by Gasteiger charge is -2.50. The number of fused-ring (bicyclic) bond motifs is 1. The van der Waals surface area contributed by atoms with E-state index in [9.17, 15) is 14.4 Å². The Kier molecular flexibility index (Phi) is 11.5. The Hall–Kier alpha value is -4.47. The Morgan fingerprint density at radius 3 is 2.08 bits per heavy atom. The van der Waals surface area contributed by atoms with E-state index < -0.39 is 41.0 Å². The maximum Gasteiger partial charge on any atom is 0.356 e. The zero-order chi connectivity index (χ0) is 36.9. The summed E-state index contributed by atoms with van der Waals surface area (Å²) >= 11 is 4.99. The summed E-state index contributed by atoms with van der Waals surface area (Å²) in [6.45, 7) is 5.34. The summed E-state index contributed by atoms with van der Waals surface area (Å²) in [5.74, 6) is -1.14. The predicted molar refractivity (Wildman–Crippen MR) is 214 cm³/mol. The van der Waals surface area contributed by atoms with Crippen molar-refractivity contribution in [3.8, 4) is 0 Å². The minimum absolute atomic E-state index is 0.0835. The number of β-lactam (4-membered cyclic amide) rings is 1. The minimum atomic E-state index is -0.882. The van der Waals surface area contributed by atoms with Crippen molar-refractivity contribution in [2.24, 2.45) is 5.16 Å². The molecule has 6 rings (SSSR count). The number of allylic oxidation sites excluding steroid dienone is 2. The van der Waals surface area contributed by atoms with Gasteiger partial charge in [0.05, 0.1) is 6.04 Å². The molecule has 3 aromatic carbocycles. The quantitative estimate of drug-likeness (QED) is 0.0301. The number of esters is 1. The SMILES string of the molecule is CON=C(C(=O)NC1C(=O)N2C(C(=O)OC(C)(C)C)=C(C=CCI)SCC12)c1csc(NC(c2ccccc2)(c2ccccc2)c2ccccc2)n1. The van der Waals surface area contributed by atoms with Gasteiger partial charge in [-0.25, -0.2) is 9.78 Å². The Bertz CT molecular complexity index is 1920. The summed E-state index contributed by atoms with van der Waals surface area (Å²) < 4.78 is 6.42. The van der Waals surface area contributed by atoms with Crippen LogP contribution in [-0.2, 0) is 29.5 Å². The van der Waals surface area contributed by atoms with Crippen LogP contribution in [-0.4, -0.2) is 68.4 Å². The molecule has 13 heteroatoms. The fourth-order valence-corrected chi connectivity index (χ4v) is 8.41. The fraction of sp³-hybridized carbons (Fsp3) is 0.256. The van der Waals surface area contributed by atoms with Crippen molar-refractivity contribution in [3.63, 3.8) is 0 Å². The molecule has 0 saturated carbocycles. The standard InChI is InChI=1S/C39H38IN5O5S2/c1-38(2,3)50-36(48)33-30(21-14-22-40)51-24-29-32(35(47)45(29)33)42-34(46)31(44-49-4)28-23-52-37(41-28)43-39(25-15-8-5-9-16-25,26-17-10-6-11-18-26)27-19-12-7-13-20-27/h5-21,23,29,32H,22,24H2,1-4H3,(H,41,43)(H,42,46). The third kappa shape index (κ3) is 7.66. The van der Waals surface area contributed by atoms with E-state index in [0.717, 1.165) is 21.1 Å². The van der Waals surface area contributed by atoms with E-state index in [2.05, 4.69) is 74.8 Å². The van der Waals surface area contributed by atoms with E-state index in [0.29, 0.717) is 15.8 Å². The molecule has 1 aromatic heterocycles. The second kappa shape index (κ2) is 16.0. The number of hydrogen-bond acceptors (Lipinski definition) is 10. The molecule has 2 amide bonds. The number of benzene rings is 3. The number of ether oxygens (including phenoxy) is 1. The van der Waals surface area contributed by atoms with Crippen LogP contribution in [0.15, 0.2) is 124 Å². The van der Waals surface area contributed by atoms with Gasteiger partial charge in [0.25, 0.3) is 11.8 Å². The smallest absolute Gasteiger partial charge is 0.356 e. The highest BCUT2D eigenvalue weighted by Gasteiger charge is 2.54. The monoisotopic (exact) mass is 847 g/mol. The molecule has 2 atom stereocenters. The average molecular weight is 848 g/mol. The van der Waals surface area contributed by atoms with Crippen molar-refractivity contribution < 1.29 is 24.0 Å². The number of halogens is 1. The van der Waals surface area contributed by atoms with Gasteiger partial charge in [0.15, 0.2) is 10.8 Å². The Balaban J connectivity index is 1.28. The normalized spacial score (nSPS) is 17.8. The summed E-state index contributed by atoms with van der Waals surface area (Å²) in [4.78, 5) is 52.9. The molecule has 0 spiro atoms. The first-order chi connectivity index (χ1) is 25.1. The van der Waals surface area contributed by atoms with E-state index in [1.807, 2.05) is 66.7 Å². The summed E-state index contributed by atoms with van der Waals surface area (Å²) in [6, 6.07) is 29.0. The van der Waals surface area contributed by atoms with Crippen LogP contribution in [0.4, 0.5) is 5.13 Å². The Labute approximate surface area is 324 Å².